The molecule has 1 amide bonds. The van der Waals surface area contributed by atoms with E-state index in [9.17, 15) is 13.2 Å². The van der Waals surface area contributed by atoms with Gasteiger partial charge in [-0.05, 0) is 32.1 Å². The number of aromatic nitrogens is 2. The predicted molar refractivity (Wildman–Crippen MR) is 78.9 cm³/mol. The lowest BCUT2D eigenvalue weighted by molar-refractivity contribution is 0.0938. The molecular formula is C14H21N3O3S. The molecule has 21 heavy (non-hydrogen) atoms. The van der Waals surface area contributed by atoms with Crippen molar-refractivity contribution in [3.05, 3.63) is 17.5 Å². The summed E-state index contributed by atoms with van der Waals surface area (Å²) in [6.07, 6.45) is 5.77. The van der Waals surface area contributed by atoms with Gasteiger partial charge in [0.05, 0.1) is 29.3 Å². The summed E-state index contributed by atoms with van der Waals surface area (Å²) in [5.74, 6) is 0.842. The van der Waals surface area contributed by atoms with Crippen molar-refractivity contribution in [1.29, 1.82) is 0 Å². The van der Waals surface area contributed by atoms with Gasteiger partial charge in [-0.25, -0.2) is 8.42 Å². The first-order chi connectivity index (χ1) is 9.96. The van der Waals surface area contributed by atoms with Crippen molar-refractivity contribution in [1.82, 2.24) is 15.1 Å². The zero-order chi connectivity index (χ0) is 15.0. The van der Waals surface area contributed by atoms with E-state index in [0.717, 1.165) is 12.2 Å². The quantitative estimate of drug-likeness (QED) is 0.902. The Morgan fingerprint density at radius 2 is 2.19 bits per heavy atom. The Bertz CT molecular complexity index is 646. The molecule has 3 rings (SSSR count). The fourth-order valence-corrected chi connectivity index (χ4v) is 4.70. The lowest BCUT2D eigenvalue weighted by atomic mass is 9.85. The van der Waals surface area contributed by atoms with E-state index in [4.69, 9.17) is 0 Å². The number of amides is 1. The molecule has 1 atom stereocenters. The molecule has 1 aromatic rings. The Hall–Kier alpha value is -1.37. The second kappa shape index (κ2) is 5.44. The summed E-state index contributed by atoms with van der Waals surface area (Å²) >= 11 is 0. The standard InChI is InChI=1S/C14H21N3O3S/c1-10-13(14(18)15-7-11-3-2-4-11)8-16-17(10)12-5-6-21(19,20)9-12/h8,11-12H,2-7,9H2,1H3,(H,15,18)/t12-/m0/s1. The topological polar surface area (TPSA) is 81.1 Å². The highest BCUT2D eigenvalue weighted by Gasteiger charge is 2.31. The van der Waals surface area contributed by atoms with Crippen molar-refractivity contribution in [2.45, 2.75) is 38.6 Å². The van der Waals surface area contributed by atoms with E-state index in [0.29, 0.717) is 17.9 Å². The summed E-state index contributed by atoms with van der Waals surface area (Å²) in [6, 6.07) is -0.136. The number of carbonyl (C=O) groups is 1. The molecule has 6 nitrogen and oxygen atoms in total. The van der Waals surface area contributed by atoms with Crippen molar-refractivity contribution in [2.75, 3.05) is 18.1 Å². The van der Waals surface area contributed by atoms with Gasteiger partial charge in [-0.1, -0.05) is 6.42 Å². The minimum Gasteiger partial charge on any atom is -0.352 e. The molecule has 0 bridgehead atoms. The normalized spacial score (nSPS) is 24.7. The Kier molecular flexibility index (Phi) is 3.77. The minimum absolute atomic E-state index is 0.105. The van der Waals surface area contributed by atoms with Crippen molar-refractivity contribution in [3.8, 4) is 0 Å². The molecule has 2 heterocycles. The summed E-state index contributed by atoms with van der Waals surface area (Å²) in [4.78, 5) is 12.2. The van der Waals surface area contributed by atoms with Crippen LogP contribution in [0, 0.1) is 12.8 Å². The smallest absolute Gasteiger partial charge is 0.254 e. The molecule has 0 unspecified atom stereocenters. The molecule has 2 fully saturated rings. The summed E-state index contributed by atoms with van der Waals surface area (Å²) in [6.45, 7) is 2.55. The van der Waals surface area contributed by atoms with Gasteiger partial charge in [-0.2, -0.15) is 5.10 Å². The maximum Gasteiger partial charge on any atom is 0.254 e. The highest BCUT2D eigenvalue weighted by molar-refractivity contribution is 7.91. The molecule has 2 aliphatic rings. The molecule has 0 aromatic carbocycles. The number of carbonyl (C=O) groups excluding carboxylic acids is 1. The maximum atomic E-state index is 12.2. The first-order valence-corrected chi connectivity index (χ1v) is 9.31. The van der Waals surface area contributed by atoms with Crippen molar-refractivity contribution >= 4 is 15.7 Å². The van der Waals surface area contributed by atoms with Gasteiger partial charge in [0.1, 0.15) is 0 Å². The first-order valence-electron chi connectivity index (χ1n) is 7.49. The molecular weight excluding hydrogens is 290 g/mol. The summed E-state index contributed by atoms with van der Waals surface area (Å²) < 4.78 is 24.8. The van der Waals surface area contributed by atoms with Crippen LogP contribution in [0.3, 0.4) is 0 Å². The van der Waals surface area contributed by atoms with Gasteiger partial charge in [0.15, 0.2) is 9.84 Å². The van der Waals surface area contributed by atoms with Crippen molar-refractivity contribution < 1.29 is 13.2 Å². The van der Waals surface area contributed by atoms with E-state index in [1.807, 2.05) is 6.92 Å². The molecule has 1 saturated heterocycles. The number of rotatable bonds is 4. The highest BCUT2D eigenvalue weighted by atomic mass is 32.2. The minimum atomic E-state index is -2.95. The molecule has 0 radical (unpaired) electrons. The zero-order valence-electron chi connectivity index (χ0n) is 12.2. The third kappa shape index (κ3) is 2.97. The van der Waals surface area contributed by atoms with Gasteiger partial charge >= 0.3 is 0 Å². The molecule has 1 aliphatic heterocycles. The second-order valence-electron chi connectivity index (χ2n) is 6.15. The number of sulfone groups is 1. The van der Waals surface area contributed by atoms with Crippen LogP contribution >= 0.6 is 0 Å². The number of hydrogen-bond donors (Lipinski definition) is 1. The van der Waals surface area contributed by atoms with Gasteiger partial charge in [-0.3, -0.25) is 9.48 Å². The number of hydrogen-bond acceptors (Lipinski definition) is 4. The zero-order valence-corrected chi connectivity index (χ0v) is 13.0. The van der Waals surface area contributed by atoms with E-state index in [1.54, 1.807) is 10.9 Å². The van der Waals surface area contributed by atoms with Crippen LogP contribution in [-0.4, -0.2) is 42.2 Å². The van der Waals surface area contributed by atoms with Gasteiger partial charge in [0, 0.05) is 12.2 Å². The lowest BCUT2D eigenvalue weighted by Gasteiger charge is -2.25. The molecule has 1 saturated carbocycles. The summed E-state index contributed by atoms with van der Waals surface area (Å²) in [7, 11) is -2.95. The lowest BCUT2D eigenvalue weighted by Crippen LogP contribution is -2.32. The van der Waals surface area contributed by atoms with E-state index < -0.39 is 9.84 Å². The van der Waals surface area contributed by atoms with Crippen LogP contribution < -0.4 is 5.32 Å². The van der Waals surface area contributed by atoms with Crippen LogP contribution in [0.15, 0.2) is 6.20 Å². The molecule has 0 spiro atoms. The van der Waals surface area contributed by atoms with E-state index in [1.165, 1.54) is 19.3 Å². The second-order valence-corrected chi connectivity index (χ2v) is 8.38. The van der Waals surface area contributed by atoms with Crippen LogP contribution in [0.4, 0.5) is 0 Å². The monoisotopic (exact) mass is 311 g/mol. The van der Waals surface area contributed by atoms with Gasteiger partial charge in [0.25, 0.3) is 5.91 Å². The van der Waals surface area contributed by atoms with Crippen LogP contribution in [0.25, 0.3) is 0 Å². The Labute approximate surface area is 124 Å². The maximum absolute atomic E-state index is 12.2. The summed E-state index contributed by atoms with van der Waals surface area (Å²) in [5, 5.41) is 7.19. The van der Waals surface area contributed by atoms with Crippen LogP contribution in [0.2, 0.25) is 0 Å². The average molecular weight is 311 g/mol. The molecule has 1 aliphatic carbocycles. The van der Waals surface area contributed by atoms with E-state index in [-0.39, 0.29) is 23.5 Å². The summed E-state index contributed by atoms with van der Waals surface area (Å²) in [5.41, 5.74) is 1.31. The van der Waals surface area contributed by atoms with E-state index >= 15 is 0 Å². The largest absolute Gasteiger partial charge is 0.352 e. The Balaban J connectivity index is 1.68. The predicted octanol–water partition coefficient (Wildman–Crippen LogP) is 1.08. The van der Waals surface area contributed by atoms with Gasteiger partial charge in [0.2, 0.25) is 0 Å². The molecule has 1 aromatic heterocycles. The third-order valence-electron chi connectivity index (χ3n) is 4.62. The fourth-order valence-electron chi connectivity index (χ4n) is 3.01. The molecule has 7 heteroatoms. The van der Waals surface area contributed by atoms with Gasteiger partial charge < -0.3 is 5.32 Å². The first kappa shape index (κ1) is 14.6. The molecule has 1 N–H and O–H groups in total. The SMILES string of the molecule is Cc1c(C(=O)NCC2CCC2)cnn1[C@H]1CCS(=O)(=O)C1. The fraction of sp³-hybridized carbons (Fsp3) is 0.714. The van der Waals surface area contributed by atoms with Crippen LogP contribution in [0.1, 0.15) is 47.8 Å². The van der Waals surface area contributed by atoms with Crippen molar-refractivity contribution in [3.63, 3.8) is 0 Å². The average Bonchev–Trinajstić information content (AvgIpc) is 2.90. The van der Waals surface area contributed by atoms with Crippen LogP contribution in [0.5, 0.6) is 0 Å². The number of nitrogens with one attached hydrogen (secondary N) is 1. The third-order valence-corrected chi connectivity index (χ3v) is 6.37. The van der Waals surface area contributed by atoms with Gasteiger partial charge in [-0.15, -0.1) is 0 Å². The van der Waals surface area contributed by atoms with Crippen molar-refractivity contribution in [2.24, 2.45) is 5.92 Å². The molecule has 116 valence electrons. The number of nitrogens with zero attached hydrogens (tertiary/aromatic N) is 2. The van der Waals surface area contributed by atoms with Crippen LogP contribution in [-0.2, 0) is 9.84 Å². The van der Waals surface area contributed by atoms with E-state index in [2.05, 4.69) is 10.4 Å². The highest BCUT2D eigenvalue weighted by Crippen LogP contribution is 2.26. The Morgan fingerprint density at radius 3 is 2.76 bits per heavy atom. The Morgan fingerprint density at radius 1 is 1.43 bits per heavy atom.